The molecule has 0 radical (unpaired) electrons. The Bertz CT molecular complexity index is 1020. The minimum atomic E-state index is -1.58. The van der Waals surface area contributed by atoms with Gasteiger partial charge in [0.15, 0.2) is 6.10 Å². The average molecular weight is 485 g/mol. The molecule has 4 N–H and O–H groups in total. The van der Waals surface area contributed by atoms with Crippen LogP contribution >= 0.6 is 0 Å². The number of carbonyl (C=O) groups excluding carboxylic acids is 2. The molecule has 35 heavy (non-hydrogen) atoms. The fourth-order valence-electron chi connectivity index (χ4n) is 4.15. The van der Waals surface area contributed by atoms with Crippen LogP contribution in [0.1, 0.15) is 43.7 Å². The minimum absolute atomic E-state index is 0.0669. The number of aliphatic hydroxyl groups is 1. The van der Waals surface area contributed by atoms with Crippen LogP contribution in [0.5, 0.6) is 0 Å². The zero-order chi connectivity index (χ0) is 25.6. The third kappa shape index (κ3) is 6.58. The number of ether oxygens (including phenoxy) is 2. The van der Waals surface area contributed by atoms with Crippen molar-refractivity contribution in [3.8, 4) is 11.1 Å². The van der Waals surface area contributed by atoms with Crippen LogP contribution in [0.4, 0.5) is 4.79 Å². The lowest BCUT2D eigenvalue weighted by Crippen LogP contribution is -2.50. The molecule has 0 saturated carbocycles. The molecule has 9 nitrogen and oxygen atoms in total. The number of carboxylic acid groups (broad SMARTS) is 1. The molecule has 0 aliphatic heterocycles. The Morgan fingerprint density at radius 3 is 2.14 bits per heavy atom. The Kier molecular flexibility index (Phi) is 8.48. The van der Waals surface area contributed by atoms with Crippen molar-refractivity contribution < 1.29 is 34.1 Å². The summed E-state index contributed by atoms with van der Waals surface area (Å²) in [5, 5.41) is 23.3. The first kappa shape index (κ1) is 26.2. The van der Waals surface area contributed by atoms with Gasteiger partial charge in [0.25, 0.3) is 0 Å². The normalized spacial score (nSPS) is 14.4. The van der Waals surface area contributed by atoms with E-state index in [0.717, 1.165) is 22.3 Å². The molecule has 2 amide bonds. The lowest BCUT2D eigenvalue weighted by molar-refractivity contribution is -0.147. The topological polar surface area (TPSA) is 134 Å². The maximum absolute atomic E-state index is 12.7. The predicted octanol–water partition coefficient (Wildman–Crippen LogP) is 2.66. The number of methoxy groups -OCH3 is 1. The van der Waals surface area contributed by atoms with E-state index >= 15 is 0 Å². The van der Waals surface area contributed by atoms with Crippen LogP contribution in [-0.4, -0.2) is 66.2 Å². The fourth-order valence-corrected chi connectivity index (χ4v) is 4.15. The summed E-state index contributed by atoms with van der Waals surface area (Å²) < 4.78 is 11.0. The molecule has 2 aromatic rings. The van der Waals surface area contributed by atoms with E-state index in [1.807, 2.05) is 48.5 Å². The maximum Gasteiger partial charge on any atom is 0.407 e. The van der Waals surface area contributed by atoms with Gasteiger partial charge in [-0.05, 0) is 36.1 Å². The third-order valence-electron chi connectivity index (χ3n) is 6.20. The van der Waals surface area contributed by atoms with Crippen LogP contribution in [0.15, 0.2) is 48.5 Å². The molecule has 1 aliphatic carbocycles. The molecule has 0 heterocycles. The summed E-state index contributed by atoms with van der Waals surface area (Å²) in [5.74, 6) is -2.01. The van der Waals surface area contributed by atoms with Crippen LogP contribution in [-0.2, 0) is 19.1 Å². The molecule has 0 saturated heterocycles. The number of rotatable bonds is 11. The zero-order valence-electron chi connectivity index (χ0n) is 20.1. The van der Waals surface area contributed by atoms with E-state index in [4.69, 9.17) is 14.6 Å². The standard InChI is InChI=1S/C26H32N2O7/c1-26(2,34-3)14-21(23(30)27-13-12-22(29)24(31)32)28-25(33)35-15-20-18-10-6-4-8-16(18)17-9-5-7-11-19(17)20/h4-11,20-22,29H,12-15H2,1-3H3,(H,27,30)(H,28,33)(H,31,32)/t21?,22-/m0/s1. The van der Waals surface area contributed by atoms with Gasteiger partial charge in [-0.25, -0.2) is 9.59 Å². The molecule has 2 atom stereocenters. The van der Waals surface area contributed by atoms with Crippen molar-refractivity contribution in [1.29, 1.82) is 0 Å². The zero-order valence-corrected chi connectivity index (χ0v) is 20.1. The molecule has 3 rings (SSSR count). The van der Waals surface area contributed by atoms with Crippen molar-refractivity contribution in [1.82, 2.24) is 10.6 Å². The largest absolute Gasteiger partial charge is 0.479 e. The Balaban J connectivity index is 1.64. The summed E-state index contributed by atoms with van der Waals surface area (Å²) >= 11 is 0. The number of aliphatic hydroxyl groups excluding tert-OH is 1. The molecule has 0 fully saturated rings. The second-order valence-corrected chi connectivity index (χ2v) is 9.12. The highest BCUT2D eigenvalue weighted by Gasteiger charge is 2.32. The molecular formula is C26H32N2O7. The lowest BCUT2D eigenvalue weighted by atomic mass is 9.98. The van der Waals surface area contributed by atoms with Crippen molar-refractivity contribution in [3.63, 3.8) is 0 Å². The Morgan fingerprint density at radius 1 is 1.03 bits per heavy atom. The number of carbonyl (C=O) groups is 3. The Labute approximate surface area is 204 Å². The van der Waals surface area contributed by atoms with Gasteiger partial charge in [0.05, 0.1) is 5.60 Å². The van der Waals surface area contributed by atoms with Crippen LogP contribution in [0.25, 0.3) is 11.1 Å². The number of alkyl carbamates (subject to hydrolysis) is 1. The quantitative estimate of drug-likeness (QED) is 0.385. The van der Waals surface area contributed by atoms with Gasteiger partial charge in [-0.1, -0.05) is 48.5 Å². The average Bonchev–Trinajstić information content (AvgIpc) is 3.15. The summed E-state index contributed by atoms with van der Waals surface area (Å²) in [6.45, 7) is 3.59. The van der Waals surface area contributed by atoms with E-state index in [-0.39, 0.29) is 31.9 Å². The van der Waals surface area contributed by atoms with Crippen LogP contribution in [0.3, 0.4) is 0 Å². The summed E-state index contributed by atoms with van der Waals surface area (Å²) in [4.78, 5) is 36.2. The van der Waals surface area contributed by atoms with Gasteiger partial charge in [0.1, 0.15) is 12.6 Å². The Hall–Kier alpha value is -3.43. The van der Waals surface area contributed by atoms with Gasteiger partial charge >= 0.3 is 12.1 Å². The minimum Gasteiger partial charge on any atom is -0.479 e. The van der Waals surface area contributed by atoms with Crippen molar-refractivity contribution in [3.05, 3.63) is 59.7 Å². The van der Waals surface area contributed by atoms with Crippen molar-refractivity contribution in [2.45, 2.75) is 50.4 Å². The number of amides is 2. The van der Waals surface area contributed by atoms with Crippen LogP contribution in [0.2, 0.25) is 0 Å². The maximum atomic E-state index is 12.7. The second-order valence-electron chi connectivity index (χ2n) is 9.12. The SMILES string of the molecule is COC(C)(C)CC(NC(=O)OCC1c2ccccc2-c2ccccc21)C(=O)NCC[C@H](O)C(=O)O. The van der Waals surface area contributed by atoms with Crippen molar-refractivity contribution >= 4 is 18.0 Å². The molecule has 0 spiro atoms. The van der Waals surface area contributed by atoms with Crippen LogP contribution < -0.4 is 10.6 Å². The molecule has 2 aromatic carbocycles. The van der Waals surface area contributed by atoms with E-state index < -0.39 is 35.7 Å². The summed E-state index contributed by atoms with van der Waals surface area (Å²) in [7, 11) is 1.51. The van der Waals surface area contributed by atoms with Crippen molar-refractivity contribution in [2.24, 2.45) is 0 Å². The summed E-state index contributed by atoms with van der Waals surface area (Å²) in [6.07, 6.45) is -2.34. The van der Waals surface area contributed by atoms with Gasteiger partial charge in [-0.2, -0.15) is 0 Å². The molecule has 0 aromatic heterocycles. The lowest BCUT2D eigenvalue weighted by Gasteiger charge is -2.28. The first-order valence-electron chi connectivity index (χ1n) is 11.5. The van der Waals surface area contributed by atoms with E-state index in [9.17, 15) is 19.5 Å². The number of nitrogens with one attached hydrogen (secondary N) is 2. The Morgan fingerprint density at radius 2 is 1.60 bits per heavy atom. The monoisotopic (exact) mass is 484 g/mol. The summed E-state index contributed by atoms with van der Waals surface area (Å²) in [6, 6.07) is 15.0. The predicted molar refractivity (Wildman–Crippen MR) is 129 cm³/mol. The highest BCUT2D eigenvalue weighted by molar-refractivity contribution is 5.86. The number of carboxylic acids is 1. The number of benzene rings is 2. The first-order valence-corrected chi connectivity index (χ1v) is 11.5. The number of aliphatic carboxylic acids is 1. The molecular weight excluding hydrogens is 452 g/mol. The highest BCUT2D eigenvalue weighted by Crippen LogP contribution is 2.44. The third-order valence-corrected chi connectivity index (χ3v) is 6.20. The fraction of sp³-hybridized carbons (Fsp3) is 0.423. The number of hydrogen-bond donors (Lipinski definition) is 4. The first-order chi connectivity index (χ1) is 16.6. The van der Waals surface area contributed by atoms with Crippen molar-refractivity contribution in [2.75, 3.05) is 20.3 Å². The molecule has 188 valence electrons. The molecule has 1 unspecified atom stereocenters. The number of hydrogen-bond acceptors (Lipinski definition) is 6. The highest BCUT2D eigenvalue weighted by atomic mass is 16.5. The van der Waals surface area contributed by atoms with Gasteiger partial charge in [0, 0.05) is 32.4 Å². The van der Waals surface area contributed by atoms with Crippen LogP contribution in [0, 0.1) is 0 Å². The van der Waals surface area contributed by atoms with Gasteiger partial charge in [-0.15, -0.1) is 0 Å². The van der Waals surface area contributed by atoms with Gasteiger partial charge < -0.3 is 30.3 Å². The van der Waals surface area contributed by atoms with Gasteiger partial charge in [0.2, 0.25) is 5.91 Å². The molecule has 1 aliphatic rings. The van der Waals surface area contributed by atoms with E-state index in [2.05, 4.69) is 10.6 Å². The van der Waals surface area contributed by atoms with E-state index in [1.165, 1.54) is 7.11 Å². The summed E-state index contributed by atoms with van der Waals surface area (Å²) in [5.41, 5.74) is 3.65. The molecule has 0 bridgehead atoms. The van der Waals surface area contributed by atoms with E-state index in [1.54, 1.807) is 13.8 Å². The molecule has 9 heteroatoms. The van der Waals surface area contributed by atoms with Gasteiger partial charge in [-0.3, -0.25) is 4.79 Å². The number of fused-ring (bicyclic) bond motifs is 3. The smallest absolute Gasteiger partial charge is 0.407 e. The van der Waals surface area contributed by atoms with E-state index in [0.29, 0.717) is 0 Å². The second kappa shape index (κ2) is 11.3.